The molecule has 0 radical (unpaired) electrons. The van der Waals surface area contributed by atoms with Crippen LogP contribution in [0.5, 0.6) is 0 Å². The first kappa shape index (κ1) is 15.2. The standard InChI is InChI=1S/C13H21N3O3S/c1-10(2)9-15-5-7-16(8-6-15)20(17,18)13-11(3)14-19-12(13)4/h1,5-9H2,2-4H3. The SMILES string of the molecule is C=C(C)CN1CCN(S(=O)(=O)c2c(C)noc2C)CC1. The van der Waals surface area contributed by atoms with Gasteiger partial charge in [-0.1, -0.05) is 17.3 Å². The molecule has 20 heavy (non-hydrogen) atoms. The second kappa shape index (κ2) is 5.67. The first-order chi connectivity index (χ1) is 9.32. The van der Waals surface area contributed by atoms with Crippen molar-refractivity contribution in [1.82, 2.24) is 14.4 Å². The van der Waals surface area contributed by atoms with Gasteiger partial charge in [-0.25, -0.2) is 8.42 Å². The predicted octanol–water partition coefficient (Wildman–Crippen LogP) is 1.17. The molecule has 0 saturated carbocycles. The van der Waals surface area contributed by atoms with Crippen molar-refractivity contribution >= 4 is 10.0 Å². The van der Waals surface area contributed by atoms with E-state index in [0.29, 0.717) is 24.5 Å². The molecule has 1 saturated heterocycles. The van der Waals surface area contributed by atoms with Gasteiger partial charge >= 0.3 is 0 Å². The van der Waals surface area contributed by atoms with E-state index in [9.17, 15) is 8.42 Å². The van der Waals surface area contributed by atoms with E-state index < -0.39 is 10.0 Å². The molecule has 1 aliphatic rings. The minimum Gasteiger partial charge on any atom is -0.360 e. The maximum Gasteiger partial charge on any atom is 0.248 e. The third-order valence-corrected chi connectivity index (χ3v) is 5.53. The second-order valence-corrected chi connectivity index (χ2v) is 7.17. The number of rotatable bonds is 4. The lowest BCUT2D eigenvalue weighted by Crippen LogP contribution is -2.48. The van der Waals surface area contributed by atoms with Crippen molar-refractivity contribution in [2.45, 2.75) is 25.7 Å². The number of aromatic nitrogens is 1. The van der Waals surface area contributed by atoms with Crippen LogP contribution in [0.3, 0.4) is 0 Å². The summed E-state index contributed by atoms with van der Waals surface area (Å²) in [6, 6.07) is 0. The average molecular weight is 299 g/mol. The highest BCUT2D eigenvalue weighted by molar-refractivity contribution is 7.89. The zero-order valence-corrected chi connectivity index (χ0v) is 13.0. The molecule has 6 nitrogen and oxygen atoms in total. The van der Waals surface area contributed by atoms with Crippen molar-refractivity contribution < 1.29 is 12.9 Å². The number of nitrogens with zero attached hydrogens (tertiary/aromatic N) is 3. The molecule has 0 aromatic carbocycles. The van der Waals surface area contributed by atoms with Crippen LogP contribution < -0.4 is 0 Å². The smallest absolute Gasteiger partial charge is 0.248 e. The maximum atomic E-state index is 12.6. The lowest BCUT2D eigenvalue weighted by Gasteiger charge is -2.33. The van der Waals surface area contributed by atoms with E-state index in [-0.39, 0.29) is 4.90 Å². The average Bonchev–Trinajstić information content (AvgIpc) is 2.69. The summed E-state index contributed by atoms with van der Waals surface area (Å²) in [5.41, 5.74) is 1.51. The van der Waals surface area contributed by atoms with Crippen LogP contribution in [-0.2, 0) is 10.0 Å². The van der Waals surface area contributed by atoms with Crippen LogP contribution in [0, 0.1) is 13.8 Å². The predicted molar refractivity (Wildman–Crippen MR) is 76.0 cm³/mol. The molecule has 7 heteroatoms. The monoisotopic (exact) mass is 299 g/mol. The largest absolute Gasteiger partial charge is 0.360 e. The van der Waals surface area contributed by atoms with Crippen LogP contribution in [0.2, 0.25) is 0 Å². The van der Waals surface area contributed by atoms with Gasteiger partial charge < -0.3 is 4.52 Å². The quantitative estimate of drug-likeness (QED) is 0.781. The highest BCUT2D eigenvalue weighted by Gasteiger charge is 2.33. The minimum atomic E-state index is -3.50. The molecule has 2 heterocycles. The summed E-state index contributed by atoms with van der Waals surface area (Å²) in [4.78, 5) is 2.42. The molecule has 0 bridgehead atoms. The molecule has 0 unspecified atom stereocenters. The molecule has 1 aromatic rings. The van der Waals surface area contributed by atoms with Gasteiger partial charge in [0.05, 0.1) is 0 Å². The third kappa shape index (κ3) is 2.94. The van der Waals surface area contributed by atoms with Gasteiger partial charge in [0, 0.05) is 32.7 Å². The molecule has 0 spiro atoms. The molecule has 1 aliphatic heterocycles. The van der Waals surface area contributed by atoms with Gasteiger partial charge in [0.2, 0.25) is 10.0 Å². The van der Waals surface area contributed by atoms with Gasteiger partial charge in [-0.15, -0.1) is 0 Å². The molecule has 0 atom stereocenters. The summed E-state index contributed by atoms with van der Waals surface area (Å²) in [6.07, 6.45) is 0. The Morgan fingerprint density at radius 2 is 1.90 bits per heavy atom. The fourth-order valence-corrected chi connectivity index (χ4v) is 4.20. The van der Waals surface area contributed by atoms with Crippen molar-refractivity contribution in [1.29, 1.82) is 0 Å². The highest BCUT2D eigenvalue weighted by atomic mass is 32.2. The topological polar surface area (TPSA) is 66.7 Å². The molecule has 1 fully saturated rings. The maximum absolute atomic E-state index is 12.6. The lowest BCUT2D eigenvalue weighted by molar-refractivity contribution is 0.201. The molecule has 0 aliphatic carbocycles. The third-order valence-electron chi connectivity index (χ3n) is 3.39. The van der Waals surface area contributed by atoms with Crippen LogP contribution in [0.15, 0.2) is 21.6 Å². The Morgan fingerprint density at radius 1 is 1.30 bits per heavy atom. The van der Waals surface area contributed by atoms with Gasteiger partial charge in [-0.05, 0) is 20.8 Å². The van der Waals surface area contributed by atoms with Gasteiger partial charge in [0.15, 0.2) is 5.76 Å². The Balaban J connectivity index is 2.12. The molecule has 0 amide bonds. The van der Waals surface area contributed by atoms with E-state index in [0.717, 1.165) is 25.2 Å². The zero-order valence-electron chi connectivity index (χ0n) is 12.2. The highest BCUT2D eigenvalue weighted by Crippen LogP contribution is 2.24. The van der Waals surface area contributed by atoms with E-state index in [2.05, 4.69) is 16.6 Å². The fraction of sp³-hybridized carbons (Fsp3) is 0.615. The van der Waals surface area contributed by atoms with Crippen LogP contribution in [0.1, 0.15) is 18.4 Å². The fourth-order valence-electron chi connectivity index (χ4n) is 2.48. The van der Waals surface area contributed by atoms with E-state index in [1.807, 2.05) is 6.92 Å². The normalized spacial score (nSPS) is 18.4. The van der Waals surface area contributed by atoms with E-state index in [1.54, 1.807) is 13.8 Å². The Bertz CT molecular complexity index is 579. The number of piperazine rings is 1. The second-order valence-electron chi connectivity index (χ2n) is 5.29. The Kier molecular flexibility index (Phi) is 4.31. The molecule has 0 N–H and O–H groups in total. The van der Waals surface area contributed by atoms with Crippen molar-refractivity contribution in [3.8, 4) is 0 Å². The van der Waals surface area contributed by atoms with E-state index >= 15 is 0 Å². The van der Waals surface area contributed by atoms with Gasteiger partial charge in [-0.2, -0.15) is 4.31 Å². The molecule has 1 aromatic heterocycles. The minimum absolute atomic E-state index is 0.214. The van der Waals surface area contributed by atoms with E-state index in [4.69, 9.17) is 4.52 Å². The lowest BCUT2D eigenvalue weighted by atomic mass is 10.3. The number of aryl methyl sites for hydroxylation is 2. The van der Waals surface area contributed by atoms with Crippen molar-refractivity contribution in [3.63, 3.8) is 0 Å². The summed E-state index contributed by atoms with van der Waals surface area (Å²) >= 11 is 0. The zero-order chi connectivity index (χ0) is 14.9. The summed E-state index contributed by atoms with van der Waals surface area (Å²) in [5.74, 6) is 0.354. The molecular weight excluding hydrogens is 278 g/mol. The Hall–Kier alpha value is -1.18. The molecule has 2 rings (SSSR count). The van der Waals surface area contributed by atoms with E-state index in [1.165, 1.54) is 4.31 Å². The van der Waals surface area contributed by atoms with Crippen LogP contribution in [0.25, 0.3) is 0 Å². The van der Waals surface area contributed by atoms with Gasteiger partial charge in [0.1, 0.15) is 10.6 Å². The van der Waals surface area contributed by atoms with Crippen molar-refractivity contribution in [2.24, 2.45) is 0 Å². The van der Waals surface area contributed by atoms with Crippen LogP contribution in [0.4, 0.5) is 0 Å². The number of sulfonamides is 1. The first-order valence-electron chi connectivity index (χ1n) is 6.62. The van der Waals surface area contributed by atoms with Crippen molar-refractivity contribution in [2.75, 3.05) is 32.7 Å². The number of hydrogen-bond donors (Lipinski definition) is 0. The van der Waals surface area contributed by atoms with Crippen LogP contribution >= 0.6 is 0 Å². The first-order valence-corrected chi connectivity index (χ1v) is 8.06. The molecular formula is C13H21N3O3S. The van der Waals surface area contributed by atoms with Crippen molar-refractivity contribution in [3.05, 3.63) is 23.6 Å². The summed E-state index contributed by atoms with van der Waals surface area (Å²) in [5, 5.41) is 3.73. The summed E-state index contributed by atoms with van der Waals surface area (Å²) < 4.78 is 31.7. The van der Waals surface area contributed by atoms with Gasteiger partial charge in [0.25, 0.3) is 0 Å². The summed E-state index contributed by atoms with van der Waals surface area (Å²) in [6.45, 7) is 12.4. The summed E-state index contributed by atoms with van der Waals surface area (Å²) in [7, 11) is -3.50. The Labute approximate surface area is 120 Å². The van der Waals surface area contributed by atoms with Crippen LogP contribution in [-0.4, -0.2) is 55.5 Å². The van der Waals surface area contributed by atoms with Gasteiger partial charge in [-0.3, -0.25) is 4.90 Å². The molecule has 112 valence electrons. The Morgan fingerprint density at radius 3 is 2.35 bits per heavy atom. The number of hydrogen-bond acceptors (Lipinski definition) is 5.